The third-order valence-corrected chi connectivity index (χ3v) is 2.55. The molecule has 1 aromatic heterocycles. The molecule has 5 heteroatoms. The van der Waals surface area contributed by atoms with Gasteiger partial charge in [-0.2, -0.15) is 5.26 Å². The minimum absolute atomic E-state index is 0.390. The number of anilines is 1. The first kappa shape index (κ1) is 12.4. The monoisotopic (exact) mass is 245 g/mol. The summed E-state index contributed by atoms with van der Waals surface area (Å²) in [6.45, 7) is 6.03. The van der Waals surface area contributed by atoms with E-state index in [2.05, 4.69) is 4.98 Å². The highest BCUT2D eigenvalue weighted by molar-refractivity contribution is 5.89. The van der Waals surface area contributed by atoms with Crippen LogP contribution < -0.4 is 4.90 Å². The molecule has 0 N–H and O–H groups in total. The van der Waals surface area contributed by atoms with Crippen molar-refractivity contribution < 1.29 is 9.53 Å². The van der Waals surface area contributed by atoms with E-state index in [0.29, 0.717) is 24.3 Å². The van der Waals surface area contributed by atoms with E-state index in [1.54, 1.807) is 6.07 Å². The zero-order valence-corrected chi connectivity index (χ0v) is 10.7. The van der Waals surface area contributed by atoms with E-state index < -0.39 is 11.7 Å². The van der Waals surface area contributed by atoms with Gasteiger partial charge in [-0.1, -0.05) is 0 Å². The van der Waals surface area contributed by atoms with Crippen LogP contribution in [0, 0.1) is 11.3 Å². The van der Waals surface area contributed by atoms with Gasteiger partial charge in [-0.15, -0.1) is 0 Å². The zero-order chi connectivity index (χ0) is 13.3. The number of rotatable bonds is 0. The normalized spacial score (nSPS) is 14.0. The molecule has 0 radical (unpaired) electrons. The van der Waals surface area contributed by atoms with E-state index in [-0.39, 0.29) is 0 Å². The molecule has 0 spiro atoms. The molecule has 18 heavy (non-hydrogen) atoms. The Morgan fingerprint density at radius 1 is 1.56 bits per heavy atom. The first-order chi connectivity index (χ1) is 8.40. The molecule has 1 aromatic rings. The van der Waals surface area contributed by atoms with Gasteiger partial charge in [-0.25, -0.2) is 9.78 Å². The number of amides is 1. The molecule has 5 nitrogen and oxygen atoms in total. The number of carbonyl (C=O) groups is 1. The van der Waals surface area contributed by atoms with Crippen LogP contribution in [0.3, 0.4) is 0 Å². The lowest BCUT2D eigenvalue weighted by molar-refractivity contribution is 0.0583. The van der Waals surface area contributed by atoms with Gasteiger partial charge in [-0.05, 0) is 38.8 Å². The van der Waals surface area contributed by atoms with Gasteiger partial charge in [0.25, 0.3) is 0 Å². The van der Waals surface area contributed by atoms with E-state index in [4.69, 9.17) is 10.00 Å². The van der Waals surface area contributed by atoms with Crippen molar-refractivity contribution >= 4 is 11.9 Å². The summed E-state index contributed by atoms with van der Waals surface area (Å²) in [5, 5.41) is 8.80. The quantitative estimate of drug-likeness (QED) is 0.703. The second-order valence-corrected chi connectivity index (χ2v) is 5.20. The number of fused-ring (bicyclic) bond motifs is 1. The molecular formula is C13H15N3O2. The van der Waals surface area contributed by atoms with Crippen LogP contribution in [-0.2, 0) is 11.2 Å². The maximum absolute atomic E-state index is 12.0. The molecular weight excluding hydrogens is 230 g/mol. The molecule has 0 unspecified atom stereocenters. The van der Waals surface area contributed by atoms with Crippen LogP contribution in [0.5, 0.6) is 0 Å². The predicted octanol–water partition coefficient (Wildman–Crippen LogP) is 2.25. The highest BCUT2D eigenvalue weighted by Gasteiger charge is 2.30. The molecule has 2 heterocycles. The maximum Gasteiger partial charge on any atom is 0.416 e. The summed E-state index contributed by atoms with van der Waals surface area (Å²) in [4.78, 5) is 17.7. The van der Waals surface area contributed by atoms with E-state index in [1.165, 1.54) is 11.1 Å². The van der Waals surface area contributed by atoms with Crippen molar-refractivity contribution in [2.24, 2.45) is 0 Å². The molecule has 0 atom stereocenters. The van der Waals surface area contributed by atoms with Gasteiger partial charge in [0.1, 0.15) is 17.5 Å². The number of pyridine rings is 1. The number of hydrogen-bond donors (Lipinski definition) is 0. The van der Waals surface area contributed by atoms with E-state index in [1.807, 2.05) is 26.8 Å². The van der Waals surface area contributed by atoms with Crippen molar-refractivity contribution in [3.63, 3.8) is 0 Å². The number of carbonyl (C=O) groups excluding carboxylic acids is 1. The summed E-state index contributed by atoms with van der Waals surface area (Å²) >= 11 is 0. The molecule has 0 aromatic carbocycles. The zero-order valence-electron chi connectivity index (χ0n) is 10.7. The standard InChI is InChI=1S/C13H15N3O2/c1-13(2,3)18-12(17)16-5-4-10-6-9(7-14)8-15-11(10)16/h6,8H,4-5H2,1-3H3. The lowest BCUT2D eigenvalue weighted by Gasteiger charge is -2.24. The Labute approximate surface area is 106 Å². The molecule has 0 saturated carbocycles. The van der Waals surface area contributed by atoms with Crippen LogP contribution in [0.1, 0.15) is 31.9 Å². The Morgan fingerprint density at radius 2 is 2.28 bits per heavy atom. The van der Waals surface area contributed by atoms with Gasteiger partial charge in [-0.3, -0.25) is 4.90 Å². The fraction of sp³-hybridized carbons (Fsp3) is 0.462. The smallest absolute Gasteiger partial charge is 0.416 e. The van der Waals surface area contributed by atoms with E-state index in [9.17, 15) is 4.79 Å². The van der Waals surface area contributed by atoms with Gasteiger partial charge in [0, 0.05) is 12.7 Å². The average Bonchev–Trinajstić information content (AvgIpc) is 2.69. The van der Waals surface area contributed by atoms with Gasteiger partial charge in [0.2, 0.25) is 0 Å². The summed E-state index contributed by atoms with van der Waals surface area (Å²) in [6, 6.07) is 3.81. The third kappa shape index (κ3) is 2.43. The molecule has 1 amide bonds. The molecule has 2 rings (SSSR count). The highest BCUT2D eigenvalue weighted by atomic mass is 16.6. The van der Waals surface area contributed by atoms with Gasteiger partial charge in [0.05, 0.1) is 5.56 Å². The molecule has 0 saturated heterocycles. The second-order valence-electron chi connectivity index (χ2n) is 5.20. The van der Waals surface area contributed by atoms with E-state index >= 15 is 0 Å². The van der Waals surface area contributed by atoms with Crippen molar-refractivity contribution in [1.29, 1.82) is 5.26 Å². The predicted molar refractivity (Wildman–Crippen MR) is 66.2 cm³/mol. The highest BCUT2D eigenvalue weighted by Crippen LogP contribution is 2.27. The summed E-state index contributed by atoms with van der Waals surface area (Å²) in [5.74, 6) is 0.600. The van der Waals surface area contributed by atoms with Crippen molar-refractivity contribution in [3.8, 4) is 6.07 Å². The summed E-state index contributed by atoms with van der Waals surface area (Å²) in [6.07, 6.45) is 1.79. The Hall–Kier alpha value is -2.09. The van der Waals surface area contributed by atoms with Crippen molar-refractivity contribution in [2.75, 3.05) is 11.4 Å². The minimum atomic E-state index is -0.521. The van der Waals surface area contributed by atoms with Crippen LogP contribution in [0.15, 0.2) is 12.3 Å². The summed E-state index contributed by atoms with van der Waals surface area (Å²) in [5.41, 5.74) is 0.909. The lowest BCUT2D eigenvalue weighted by Crippen LogP contribution is -2.36. The van der Waals surface area contributed by atoms with Crippen molar-refractivity contribution in [1.82, 2.24) is 4.98 Å². The lowest BCUT2D eigenvalue weighted by atomic mass is 10.2. The van der Waals surface area contributed by atoms with Gasteiger partial charge >= 0.3 is 6.09 Å². The average molecular weight is 245 g/mol. The van der Waals surface area contributed by atoms with Gasteiger partial charge in [0.15, 0.2) is 0 Å². The molecule has 1 aliphatic rings. The van der Waals surface area contributed by atoms with Crippen LogP contribution in [0.4, 0.5) is 10.6 Å². The van der Waals surface area contributed by atoms with Crippen LogP contribution in [-0.4, -0.2) is 23.2 Å². The third-order valence-electron chi connectivity index (χ3n) is 2.55. The Bertz CT molecular complexity index is 526. The molecule has 0 aliphatic carbocycles. The fourth-order valence-corrected chi connectivity index (χ4v) is 1.82. The fourth-order valence-electron chi connectivity index (χ4n) is 1.82. The number of nitriles is 1. The first-order valence-corrected chi connectivity index (χ1v) is 5.80. The Morgan fingerprint density at radius 3 is 2.89 bits per heavy atom. The number of aromatic nitrogens is 1. The Kier molecular flexibility index (Phi) is 2.95. The Balaban J connectivity index is 2.22. The number of hydrogen-bond acceptors (Lipinski definition) is 4. The maximum atomic E-state index is 12.0. The topological polar surface area (TPSA) is 66.2 Å². The number of ether oxygens (including phenoxy) is 1. The van der Waals surface area contributed by atoms with Crippen molar-refractivity contribution in [2.45, 2.75) is 32.8 Å². The van der Waals surface area contributed by atoms with Gasteiger partial charge < -0.3 is 4.74 Å². The van der Waals surface area contributed by atoms with Crippen molar-refractivity contribution in [3.05, 3.63) is 23.4 Å². The SMILES string of the molecule is CC(C)(C)OC(=O)N1CCc2cc(C#N)cnc21. The molecule has 0 fully saturated rings. The summed E-state index contributed by atoms with van der Waals surface area (Å²) < 4.78 is 5.32. The molecule has 94 valence electrons. The summed E-state index contributed by atoms with van der Waals surface area (Å²) in [7, 11) is 0. The molecule has 0 bridgehead atoms. The number of nitrogens with zero attached hydrogens (tertiary/aromatic N) is 3. The van der Waals surface area contributed by atoms with Crippen LogP contribution in [0.25, 0.3) is 0 Å². The largest absolute Gasteiger partial charge is 0.443 e. The van der Waals surface area contributed by atoms with Crippen LogP contribution >= 0.6 is 0 Å². The second kappa shape index (κ2) is 4.30. The minimum Gasteiger partial charge on any atom is -0.443 e. The first-order valence-electron chi connectivity index (χ1n) is 5.80. The van der Waals surface area contributed by atoms with E-state index in [0.717, 1.165) is 5.56 Å². The molecule has 1 aliphatic heterocycles. The van der Waals surface area contributed by atoms with Crippen LogP contribution in [0.2, 0.25) is 0 Å².